The Morgan fingerprint density at radius 1 is 0.950 bits per heavy atom. The zero-order valence-electron chi connectivity index (χ0n) is 10.9. The first-order chi connectivity index (χ1) is 9.79. The summed E-state index contributed by atoms with van der Waals surface area (Å²) >= 11 is 1.52. The maximum absolute atomic E-state index is 12.4. The normalized spacial score (nSPS) is 10.7. The summed E-state index contributed by atoms with van der Waals surface area (Å²) in [4.78, 5) is 21.2. The van der Waals surface area contributed by atoms with Gasteiger partial charge < -0.3 is 0 Å². The highest BCUT2D eigenvalue weighted by Crippen LogP contribution is 2.23. The van der Waals surface area contributed by atoms with E-state index in [0.29, 0.717) is 5.56 Å². The Hall–Kier alpha value is -2.20. The highest BCUT2D eigenvalue weighted by molar-refractivity contribution is 7.98. The van der Waals surface area contributed by atoms with Gasteiger partial charge in [-0.05, 0) is 12.3 Å². The second kappa shape index (κ2) is 5.43. The lowest BCUT2D eigenvalue weighted by Gasteiger charge is -2.06. The first-order valence-electron chi connectivity index (χ1n) is 6.20. The molecular weight excluding hydrogens is 268 g/mol. The van der Waals surface area contributed by atoms with Crippen molar-refractivity contribution in [2.45, 2.75) is 5.03 Å². The molecule has 0 atom stereocenters. The molecule has 0 bridgehead atoms. The van der Waals surface area contributed by atoms with Crippen molar-refractivity contribution < 1.29 is 4.79 Å². The van der Waals surface area contributed by atoms with Gasteiger partial charge in [-0.25, -0.2) is 9.97 Å². The largest absolute Gasteiger partial charge is 0.285 e. The Labute approximate surface area is 121 Å². The first kappa shape index (κ1) is 12.8. The molecule has 1 aromatic heterocycles. The lowest BCUT2D eigenvalue weighted by molar-refractivity contribution is 0.102. The van der Waals surface area contributed by atoms with Gasteiger partial charge in [0.15, 0.2) is 0 Å². The SMILES string of the molecule is CSc1nc(C(=O)c2ccccc2)nc2ccccc12. The molecule has 0 fully saturated rings. The van der Waals surface area contributed by atoms with Crippen molar-refractivity contribution >= 4 is 28.4 Å². The second-order valence-electron chi connectivity index (χ2n) is 4.27. The number of hydrogen-bond donors (Lipinski definition) is 0. The van der Waals surface area contributed by atoms with Crippen LogP contribution in [0.25, 0.3) is 10.9 Å². The van der Waals surface area contributed by atoms with Crippen LogP contribution in [-0.2, 0) is 0 Å². The summed E-state index contributed by atoms with van der Waals surface area (Å²) in [5, 5.41) is 1.81. The van der Waals surface area contributed by atoms with E-state index in [1.807, 2.05) is 48.7 Å². The Balaban J connectivity index is 2.15. The lowest BCUT2D eigenvalue weighted by Crippen LogP contribution is -2.08. The van der Waals surface area contributed by atoms with Crippen LogP contribution in [0, 0.1) is 0 Å². The Morgan fingerprint density at radius 2 is 1.65 bits per heavy atom. The van der Waals surface area contributed by atoms with E-state index in [2.05, 4.69) is 9.97 Å². The Morgan fingerprint density at radius 3 is 2.40 bits per heavy atom. The van der Waals surface area contributed by atoms with Crippen LogP contribution in [0.15, 0.2) is 59.6 Å². The molecule has 0 radical (unpaired) electrons. The van der Waals surface area contributed by atoms with Crippen LogP contribution in [0.4, 0.5) is 0 Å². The molecule has 0 aliphatic carbocycles. The van der Waals surface area contributed by atoms with Crippen LogP contribution < -0.4 is 0 Å². The van der Waals surface area contributed by atoms with Gasteiger partial charge in [0, 0.05) is 10.9 Å². The van der Waals surface area contributed by atoms with Crippen LogP contribution in [-0.4, -0.2) is 22.0 Å². The summed E-state index contributed by atoms with van der Waals surface area (Å²) < 4.78 is 0. The van der Waals surface area contributed by atoms with E-state index in [1.54, 1.807) is 12.1 Å². The van der Waals surface area contributed by atoms with Crippen molar-refractivity contribution in [1.82, 2.24) is 9.97 Å². The van der Waals surface area contributed by atoms with Crippen molar-refractivity contribution in [2.24, 2.45) is 0 Å². The molecule has 0 saturated heterocycles. The molecule has 0 unspecified atom stereocenters. The maximum Gasteiger partial charge on any atom is 0.230 e. The third kappa shape index (κ3) is 2.30. The fourth-order valence-electron chi connectivity index (χ4n) is 2.02. The maximum atomic E-state index is 12.4. The van der Waals surface area contributed by atoms with Gasteiger partial charge in [0.25, 0.3) is 0 Å². The summed E-state index contributed by atoms with van der Waals surface area (Å²) in [5.41, 5.74) is 1.40. The van der Waals surface area contributed by atoms with Crippen LogP contribution in [0.5, 0.6) is 0 Å². The average Bonchev–Trinajstić information content (AvgIpc) is 2.54. The molecule has 1 heterocycles. The lowest BCUT2D eigenvalue weighted by atomic mass is 10.1. The molecule has 3 rings (SSSR count). The highest BCUT2D eigenvalue weighted by Gasteiger charge is 2.15. The van der Waals surface area contributed by atoms with Gasteiger partial charge in [-0.3, -0.25) is 4.79 Å². The number of hydrogen-bond acceptors (Lipinski definition) is 4. The number of carbonyl (C=O) groups is 1. The molecule has 3 aromatic rings. The van der Waals surface area contributed by atoms with Gasteiger partial charge in [0.2, 0.25) is 11.6 Å². The minimum Gasteiger partial charge on any atom is -0.285 e. The fourth-order valence-corrected chi connectivity index (χ4v) is 2.59. The monoisotopic (exact) mass is 280 g/mol. The van der Waals surface area contributed by atoms with E-state index in [-0.39, 0.29) is 11.6 Å². The number of rotatable bonds is 3. The third-order valence-electron chi connectivity index (χ3n) is 3.00. The number of aromatic nitrogens is 2. The van der Waals surface area contributed by atoms with Gasteiger partial charge >= 0.3 is 0 Å². The van der Waals surface area contributed by atoms with Crippen molar-refractivity contribution in [2.75, 3.05) is 6.26 Å². The molecule has 0 aliphatic heterocycles. The van der Waals surface area contributed by atoms with E-state index >= 15 is 0 Å². The average molecular weight is 280 g/mol. The molecule has 3 nitrogen and oxygen atoms in total. The minimum atomic E-state index is -0.147. The molecule has 0 saturated carbocycles. The summed E-state index contributed by atoms with van der Waals surface area (Å²) in [5.74, 6) is 0.103. The van der Waals surface area contributed by atoms with Gasteiger partial charge in [-0.1, -0.05) is 48.5 Å². The van der Waals surface area contributed by atoms with Crippen LogP contribution in [0.3, 0.4) is 0 Å². The van der Waals surface area contributed by atoms with Gasteiger partial charge in [0.05, 0.1) is 5.52 Å². The summed E-state index contributed by atoms with van der Waals surface area (Å²) in [6.45, 7) is 0. The van der Waals surface area contributed by atoms with Gasteiger partial charge in [-0.2, -0.15) is 0 Å². The molecule has 4 heteroatoms. The van der Waals surface area contributed by atoms with Crippen molar-refractivity contribution in [3.8, 4) is 0 Å². The van der Waals surface area contributed by atoms with E-state index in [1.165, 1.54) is 11.8 Å². The summed E-state index contributed by atoms with van der Waals surface area (Å²) in [7, 11) is 0. The first-order valence-corrected chi connectivity index (χ1v) is 7.42. The van der Waals surface area contributed by atoms with Crippen molar-refractivity contribution in [3.63, 3.8) is 0 Å². The van der Waals surface area contributed by atoms with Crippen LogP contribution >= 0.6 is 11.8 Å². The summed E-state index contributed by atoms with van der Waals surface area (Å²) in [6.07, 6.45) is 1.95. The number of thioether (sulfide) groups is 1. The number of para-hydroxylation sites is 1. The standard InChI is InChI=1S/C16H12N2OS/c1-20-16-12-9-5-6-10-13(12)17-15(18-16)14(19)11-7-3-2-4-8-11/h2-10H,1H3. The van der Waals surface area contributed by atoms with E-state index in [4.69, 9.17) is 0 Å². The van der Waals surface area contributed by atoms with Crippen molar-refractivity contribution in [1.29, 1.82) is 0 Å². The van der Waals surface area contributed by atoms with E-state index in [9.17, 15) is 4.79 Å². The number of fused-ring (bicyclic) bond motifs is 1. The number of benzene rings is 2. The van der Waals surface area contributed by atoms with Crippen LogP contribution in [0.2, 0.25) is 0 Å². The van der Waals surface area contributed by atoms with E-state index in [0.717, 1.165) is 15.9 Å². The number of ketones is 1. The van der Waals surface area contributed by atoms with Gasteiger partial charge in [0.1, 0.15) is 5.03 Å². The predicted molar refractivity (Wildman–Crippen MR) is 81.2 cm³/mol. The summed E-state index contributed by atoms with van der Waals surface area (Å²) in [6, 6.07) is 16.8. The third-order valence-corrected chi connectivity index (χ3v) is 3.70. The molecule has 0 N–H and O–H groups in total. The number of nitrogens with zero attached hydrogens (tertiary/aromatic N) is 2. The quantitative estimate of drug-likeness (QED) is 0.418. The van der Waals surface area contributed by atoms with Crippen molar-refractivity contribution in [3.05, 3.63) is 66.0 Å². The second-order valence-corrected chi connectivity index (χ2v) is 5.06. The molecular formula is C16H12N2OS. The molecule has 20 heavy (non-hydrogen) atoms. The highest BCUT2D eigenvalue weighted by atomic mass is 32.2. The zero-order valence-corrected chi connectivity index (χ0v) is 11.7. The Bertz CT molecular complexity index is 772. The fraction of sp³-hybridized carbons (Fsp3) is 0.0625. The van der Waals surface area contributed by atoms with E-state index < -0.39 is 0 Å². The molecule has 0 aliphatic rings. The topological polar surface area (TPSA) is 42.9 Å². The zero-order chi connectivity index (χ0) is 13.9. The minimum absolute atomic E-state index is 0.147. The Kier molecular flexibility index (Phi) is 3.48. The molecule has 0 spiro atoms. The van der Waals surface area contributed by atoms with Crippen LogP contribution in [0.1, 0.15) is 16.2 Å². The molecule has 0 amide bonds. The smallest absolute Gasteiger partial charge is 0.230 e. The number of carbonyl (C=O) groups excluding carboxylic acids is 1. The predicted octanol–water partition coefficient (Wildman–Crippen LogP) is 3.58. The molecule has 98 valence electrons. The van der Waals surface area contributed by atoms with Gasteiger partial charge in [-0.15, -0.1) is 11.8 Å². The molecule has 2 aromatic carbocycles.